The summed E-state index contributed by atoms with van der Waals surface area (Å²) in [4.78, 5) is 32.1. The van der Waals surface area contributed by atoms with Crippen molar-refractivity contribution < 1.29 is 18.0 Å². The summed E-state index contributed by atoms with van der Waals surface area (Å²) in [7, 11) is -3.86. The van der Waals surface area contributed by atoms with E-state index in [4.69, 9.17) is 0 Å². The molecule has 0 atom stereocenters. The van der Waals surface area contributed by atoms with Crippen LogP contribution in [-0.4, -0.2) is 36.7 Å². The third kappa shape index (κ3) is 6.35. The Balaban J connectivity index is 1.51. The zero-order chi connectivity index (χ0) is 23.1. The first-order chi connectivity index (χ1) is 15.2. The molecule has 0 saturated heterocycles. The number of hydrogen-bond donors (Lipinski definition) is 3. The first-order valence-electron chi connectivity index (χ1n) is 9.80. The van der Waals surface area contributed by atoms with E-state index in [-0.39, 0.29) is 35.6 Å². The molecule has 0 saturated carbocycles. The van der Waals surface area contributed by atoms with Gasteiger partial charge >= 0.3 is 0 Å². The maximum atomic E-state index is 12.5. The van der Waals surface area contributed by atoms with E-state index in [9.17, 15) is 18.0 Å². The lowest BCUT2D eigenvalue weighted by Gasteiger charge is -2.09. The third-order valence-corrected chi connectivity index (χ3v) is 5.73. The smallest absolute Gasteiger partial charge is 0.264 e. The molecule has 1 heterocycles. The fourth-order valence-electron chi connectivity index (χ4n) is 2.80. The van der Waals surface area contributed by atoms with E-state index >= 15 is 0 Å². The molecule has 3 aromatic rings. The van der Waals surface area contributed by atoms with Crippen LogP contribution in [0.3, 0.4) is 0 Å². The second kappa shape index (κ2) is 10.0. The lowest BCUT2D eigenvalue weighted by atomic mass is 10.1. The van der Waals surface area contributed by atoms with E-state index < -0.39 is 10.0 Å². The van der Waals surface area contributed by atoms with Crippen molar-refractivity contribution in [1.82, 2.24) is 15.3 Å². The van der Waals surface area contributed by atoms with Gasteiger partial charge in [0.15, 0.2) is 0 Å². The number of rotatable bonds is 8. The molecule has 2 amide bonds. The lowest BCUT2D eigenvalue weighted by Crippen LogP contribution is -2.27. The Hall–Kier alpha value is -3.79. The van der Waals surface area contributed by atoms with Gasteiger partial charge in [0, 0.05) is 36.1 Å². The molecule has 166 valence electrons. The minimum absolute atomic E-state index is 0.00558. The highest BCUT2D eigenvalue weighted by molar-refractivity contribution is 7.92. The van der Waals surface area contributed by atoms with Gasteiger partial charge in [0.1, 0.15) is 0 Å². The number of amides is 2. The highest BCUT2D eigenvalue weighted by Crippen LogP contribution is 2.16. The second-order valence-electron chi connectivity index (χ2n) is 7.08. The van der Waals surface area contributed by atoms with Crippen molar-refractivity contribution in [3.8, 4) is 0 Å². The SMILES string of the molecule is Cc1cccc(C(=O)NCCC(=O)Nc2ccc(S(=O)(=O)Nc3nccc(C)n3)cc2)c1. The minimum atomic E-state index is -3.86. The average Bonchev–Trinajstić information content (AvgIpc) is 2.74. The zero-order valence-electron chi connectivity index (χ0n) is 17.6. The van der Waals surface area contributed by atoms with Crippen molar-refractivity contribution in [1.29, 1.82) is 0 Å². The van der Waals surface area contributed by atoms with Crippen LogP contribution < -0.4 is 15.4 Å². The second-order valence-corrected chi connectivity index (χ2v) is 8.76. The van der Waals surface area contributed by atoms with Crippen LogP contribution in [0, 0.1) is 13.8 Å². The van der Waals surface area contributed by atoms with Crippen LogP contribution >= 0.6 is 0 Å². The zero-order valence-corrected chi connectivity index (χ0v) is 18.4. The molecule has 1 aromatic heterocycles. The topological polar surface area (TPSA) is 130 Å². The third-order valence-electron chi connectivity index (χ3n) is 4.39. The highest BCUT2D eigenvalue weighted by Gasteiger charge is 2.16. The van der Waals surface area contributed by atoms with Crippen molar-refractivity contribution >= 4 is 33.5 Å². The molecule has 0 unspecified atom stereocenters. The van der Waals surface area contributed by atoms with Gasteiger partial charge in [0.25, 0.3) is 15.9 Å². The maximum Gasteiger partial charge on any atom is 0.264 e. The van der Waals surface area contributed by atoms with Crippen LogP contribution in [0.5, 0.6) is 0 Å². The highest BCUT2D eigenvalue weighted by atomic mass is 32.2. The Bertz CT molecular complexity index is 1230. The summed E-state index contributed by atoms with van der Waals surface area (Å²) in [6.45, 7) is 3.80. The van der Waals surface area contributed by atoms with Crippen molar-refractivity contribution in [3.63, 3.8) is 0 Å². The molecule has 3 N–H and O–H groups in total. The summed E-state index contributed by atoms with van der Waals surface area (Å²) in [6.07, 6.45) is 1.53. The Morgan fingerprint density at radius 2 is 1.75 bits per heavy atom. The number of carbonyl (C=O) groups is 2. The molecule has 0 aliphatic carbocycles. The van der Waals surface area contributed by atoms with Crippen LogP contribution in [0.1, 0.15) is 28.0 Å². The molecule has 2 aromatic carbocycles. The monoisotopic (exact) mass is 453 g/mol. The summed E-state index contributed by atoms with van der Waals surface area (Å²) >= 11 is 0. The van der Waals surface area contributed by atoms with Crippen molar-refractivity contribution in [3.05, 3.63) is 77.6 Å². The van der Waals surface area contributed by atoms with Gasteiger partial charge in [-0.05, 0) is 56.3 Å². The van der Waals surface area contributed by atoms with Gasteiger partial charge in [-0.1, -0.05) is 17.7 Å². The average molecular weight is 454 g/mol. The predicted molar refractivity (Wildman–Crippen MR) is 121 cm³/mol. The molecule has 10 heteroatoms. The van der Waals surface area contributed by atoms with Crippen molar-refractivity contribution in [2.24, 2.45) is 0 Å². The predicted octanol–water partition coefficient (Wildman–Crippen LogP) is 2.65. The van der Waals surface area contributed by atoms with E-state index in [0.717, 1.165) is 5.56 Å². The van der Waals surface area contributed by atoms with E-state index in [1.807, 2.05) is 13.0 Å². The Labute approximate surface area is 186 Å². The normalized spacial score (nSPS) is 10.9. The van der Waals surface area contributed by atoms with Gasteiger partial charge in [-0.25, -0.2) is 23.1 Å². The Morgan fingerprint density at radius 3 is 2.44 bits per heavy atom. The minimum Gasteiger partial charge on any atom is -0.352 e. The summed E-state index contributed by atoms with van der Waals surface area (Å²) in [5, 5.41) is 5.37. The number of anilines is 2. The van der Waals surface area contributed by atoms with Gasteiger partial charge in [-0.3, -0.25) is 9.59 Å². The molecule has 0 bridgehead atoms. The first kappa shape index (κ1) is 22.9. The number of aromatic nitrogens is 2. The first-order valence-corrected chi connectivity index (χ1v) is 11.3. The molecule has 0 fully saturated rings. The number of nitrogens with zero attached hydrogens (tertiary/aromatic N) is 2. The number of sulfonamides is 1. The van der Waals surface area contributed by atoms with Crippen LogP contribution in [0.15, 0.2) is 65.7 Å². The van der Waals surface area contributed by atoms with E-state index in [1.165, 1.54) is 30.5 Å². The lowest BCUT2D eigenvalue weighted by molar-refractivity contribution is -0.116. The molecule has 3 rings (SSSR count). The van der Waals surface area contributed by atoms with Gasteiger partial charge < -0.3 is 10.6 Å². The standard InChI is InChI=1S/C22H23N5O4S/c1-15-4-3-5-17(14-15)21(29)23-13-11-20(28)26-18-6-8-19(9-7-18)32(30,31)27-22-24-12-10-16(2)25-22/h3-10,12,14H,11,13H2,1-2H3,(H,23,29)(H,26,28)(H,24,25,27). The van der Waals surface area contributed by atoms with Gasteiger partial charge in [-0.2, -0.15) is 0 Å². The van der Waals surface area contributed by atoms with E-state index in [1.54, 1.807) is 31.2 Å². The summed E-state index contributed by atoms with van der Waals surface area (Å²) in [5.74, 6) is -0.576. The van der Waals surface area contributed by atoms with Gasteiger partial charge in [0.2, 0.25) is 11.9 Å². The maximum absolute atomic E-state index is 12.5. The summed E-state index contributed by atoms with van der Waals surface area (Å²) < 4.78 is 27.3. The van der Waals surface area contributed by atoms with Crippen LogP contribution in [0.4, 0.5) is 11.6 Å². The van der Waals surface area contributed by atoms with E-state index in [2.05, 4.69) is 25.3 Å². The number of aryl methyl sites for hydroxylation is 2. The van der Waals surface area contributed by atoms with Crippen LogP contribution in [-0.2, 0) is 14.8 Å². The Kier molecular flexibility index (Phi) is 7.16. The van der Waals surface area contributed by atoms with Crippen molar-refractivity contribution in [2.75, 3.05) is 16.6 Å². The molecule has 0 spiro atoms. The number of hydrogen-bond acceptors (Lipinski definition) is 6. The molecular formula is C22H23N5O4S. The molecule has 9 nitrogen and oxygen atoms in total. The number of carbonyl (C=O) groups excluding carboxylic acids is 2. The fraction of sp³-hybridized carbons (Fsp3) is 0.182. The van der Waals surface area contributed by atoms with E-state index in [0.29, 0.717) is 16.9 Å². The summed E-state index contributed by atoms with van der Waals surface area (Å²) in [5.41, 5.74) is 2.57. The Morgan fingerprint density at radius 1 is 1.00 bits per heavy atom. The molecule has 32 heavy (non-hydrogen) atoms. The number of benzene rings is 2. The summed E-state index contributed by atoms with van der Waals surface area (Å²) in [6, 6.07) is 14.5. The quantitative estimate of drug-likeness (QED) is 0.481. The fourth-order valence-corrected chi connectivity index (χ4v) is 3.75. The molecule has 0 aliphatic rings. The molecular weight excluding hydrogens is 430 g/mol. The van der Waals surface area contributed by atoms with Crippen LogP contribution in [0.25, 0.3) is 0 Å². The largest absolute Gasteiger partial charge is 0.352 e. The molecule has 0 aliphatic heterocycles. The van der Waals surface area contributed by atoms with Gasteiger partial charge in [-0.15, -0.1) is 0 Å². The van der Waals surface area contributed by atoms with Crippen LogP contribution in [0.2, 0.25) is 0 Å². The van der Waals surface area contributed by atoms with Gasteiger partial charge in [0.05, 0.1) is 4.90 Å². The molecule has 0 radical (unpaired) electrons. The van der Waals surface area contributed by atoms with Crippen molar-refractivity contribution in [2.45, 2.75) is 25.2 Å². The number of nitrogens with one attached hydrogen (secondary N) is 3.